The predicted molar refractivity (Wildman–Crippen MR) is 119 cm³/mol. The van der Waals surface area contributed by atoms with E-state index in [4.69, 9.17) is 0 Å². The standard InChI is InChI=1S/C21H26N2O5S2/c1-22(2)11-12-23-20(24)16-8-6-7-15-18(10-9-17(19(15)16)21(23)25)29-13-4-5-14-30(26,27)28-3/h6-10H,4-5,11-14H2,1-3H3. The number of carbonyl (C=O) groups excluding carboxylic acids is 2. The van der Waals surface area contributed by atoms with E-state index in [0.29, 0.717) is 42.4 Å². The zero-order valence-electron chi connectivity index (χ0n) is 17.4. The number of hydrogen-bond donors (Lipinski definition) is 0. The molecule has 2 aromatic rings. The van der Waals surface area contributed by atoms with Crippen LogP contribution in [-0.4, -0.2) is 75.8 Å². The number of carbonyl (C=O) groups is 2. The average Bonchev–Trinajstić information content (AvgIpc) is 2.71. The van der Waals surface area contributed by atoms with E-state index >= 15 is 0 Å². The van der Waals surface area contributed by atoms with Crippen LogP contribution in [0.5, 0.6) is 0 Å². The van der Waals surface area contributed by atoms with E-state index in [2.05, 4.69) is 4.18 Å². The van der Waals surface area contributed by atoms with Gasteiger partial charge in [0.1, 0.15) is 0 Å². The summed E-state index contributed by atoms with van der Waals surface area (Å²) in [5.41, 5.74) is 1.10. The summed E-state index contributed by atoms with van der Waals surface area (Å²) in [7, 11) is 1.55. The normalized spacial score (nSPS) is 14.2. The van der Waals surface area contributed by atoms with Crippen LogP contribution in [0.2, 0.25) is 0 Å². The lowest BCUT2D eigenvalue weighted by Crippen LogP contribution is -2.43. The van der Waals surface area contributed by atoms with Crippen LogP contribution in [0.3, 0.4) is 0 Å². The Morgan fingerprint density at radius 3 is 2.40 bits per heavy atom. The fourth-order valence-electron chi connectivity index (χ4n) is 3.39. The maximum absolute atomic E-state index is 13.0. The third kappa shape index (κ3) is 4.85. The number of amides is 2. The van der Waals surface area contributed by atoms with Gasteiger partial charge in [0.05, 0.1) is 12.9 Å². The van der Waals surface area contributed by atoms with Crippen LogP contribution >= 0.6 is 11.8 Å². The molecule has 30 heavy (non-hydrogen) atoms. The first-order chi connectivity index (χ1) is 14.2. The molecule has 0 radical (unpaired) electrons. The number of thioether (sulfide) groups is 1. The lowest BCUT2D eigenvalue weighted by Gasteiger charge is -2.28. The molecule has 0 aromatic heterocycles. The van der Waals surface area contributed by atoms with Crippen LogP contribution in [0, 0.1) is 0 Å². The van der Waals surface area contributed by atoms with Crippen molar-refractivity contribution >= 4 is 44.5 Å². The second-order valence-corrected chi connectivity index (χ2v) is 10.4. The van der Waals surface area contributed by atoms with Gasteiger partial charge in [0, 0.05) is 34.5 Å². The van der Waals surface area contributed by atoms with Crippen molar-refractivity contribution < 1.29 is 22.2 Å². The Kier molecular flexibility index (Phi) is 7.18. The summed E-state index contributed by atoms with van der Waals surface area (Å²) in [5, 5.41) is 1.59. The molecule has 1 heterocycles. The SMILES string of the molecule is COS(=O)(=O)CCCCSc1ccc2c3c(cccc13)C(=O)N(CCN(C)C)C2=O. The van der Waals surface area contributed by atoms with Gasteiger partial charge in [-0.25, -0.2) is 0 Å². The first kappa shape index (κ1) is 22.7. The lowest BCUT2D eigenvalue weighted by atomic mass is 9.94. The highest BCUT2D eigenvalue weighted by atomic mass is 32.2. The highest BCUT2D eigenvalue weighted by molar-refractivity contribution is 7.99. The fraction of sp³-hybridized carbons (Fsp3) is 0.429. The first-order valence-corrected chi connectivity index (χ1v) is 12.3. The molecular formula is C21H26N2O5S2. The summed E-state index contributed by atoms with van der Waals surface area (Å²) in [4.78, 5) is 30.2. The van der Waals surface area contributed by atoms with E-state index < -0.39 is 10.1 Å². The van der Waals surface area contributed by atoms with E-state index in [0.717, 1.165) is 16.0 Å². The molecule has 162 valence electrons. The summed E-state index contributed by atoms with van der Waals surface area (Å²) in [6, 6.07) is 9.24. The third-order valence-corrected chi connectivity index (χ3v) is 7.48. The highest BCUT2D eigenvalue weighted by Gasteiger charge is 2.33. The van der Waals surface area contributed by atoms with Crippen LogP contribution in [0.4, 0.5) is 0 Å². The zero-order valence-corrected chi connectivity index (χ0v) is 19.0. The Balaban J connectivity index is 1.80. The maximum atomic E-state index is 13.0. The molecule has 2 amide bonds. The van der Waals surface area contributed by atoms with E-state index in [1.165, 1.54) is 12.0 Å². The summed E-state index contributed by atoms with van der Waals surface area (Å²) in [6.07, 6.45) is 1.23. The van der Waals surface area contributed by atoms with Crippen molar-refractivity contribution in [2.75, 3.05) is 45.8 Å². The van der Waals surface area contributed by atoms with Crippen molar-refractivity contribution in [3.63, 3.8) is 0 Å². The number of rotatable bonds is 10. The molecule has 7 nitrogen and oxygen atoms in total. The van der Waals surface area contributed by atoms with Gasteiger partial charge in [-0.2, -0.15) is 8.42 Å². The quantitative estimate of drug-likeness (QED) is 0.238. The summed E-state index contributed by atoms with van der Waals surface area (Å²) < 4.78 is 27.2. The molecule has 3 rings (SSSR count). The number of unbranched alkanes of at least 4 members (excludes halogenated alkanes) is 1. The second-order valence-electron chi connectivity index (χ2n) is 7.39. The van der Waals surface area contributed by atoms with Crippen molar-refractivity contribution in [3.8, 4) is 0 Å². The number of likely N-dealkylation sites (N-methyl/N-ethyl adjacent to an activating group) is 1. The van der Waals surface area contributed by atoms with Crippen molar-refractivity contribution in [1.82, 2.24) is 9.80 Å². The van der Waals surface area contributed by atoms with E-state index in [1.807, 2.05) is 37.2 Å². The molecule has 1 aliphatic rings. The molecule has 0 bridgehead atoms. The molecule has 0 N–H and O–H groups in total. The topological polar surface area (TPSA) is 84.0 Å². The number of nitrogens with zero attached hydrogens (tertiary/aromatic N) is 2. The number of benzene rings is 2. The summed E-state index contributed by atoms with van der Waals surface area (Å²) in [5.74, 6) is 0.216. The Morgan fingerprint density at radius 1 is 1.03 bits per heavy atom. The van der Waals surface area contributed by atoms with Crippen LogP contribution < -0.4 is 0 Å². The third-order valence-electron chi connectivity index (χ3n) is 5.02. The monoisotopic (exact) mass is 450 g/mol. The smallest absolute Gasteiger partial charge is 0.267 e. The molecule has 2 aromatic carbocycles. The van der Waals surface area contributed by atoms with Crippen molar-refractivity contribution in [2.24, 2.45) is 0 Å². The molecule has 0 aliphatic carbocycles. The number of imide groups is 1. The van der Waals surface area contributed by atoms with Gasteiger partial charge in [-0.05, 0) is 56.3 Å². The van der Waals surface area contributed by atoms with Crippen LogP contribution in [0.25, 0.3) is 10.8 Å². The molecular weight excluding hydrogens is 424 g/mol. The van der Waals surface area contributed by atoms with Gasteiger partial charge in [-0.1, -0.05) is 12.1 Å². The minimum atomic E-state index is -3.43. The number of hydrogen-bond acceptors (Lipinski definition) is 7. The van der Waals surface area contributed by atoms with E-state index in [1.54, 1.807) is 23.9 Å². The van der Waals surface area contributed by atoms with Gasteiger partial charge in [-0.3, -0.25) is 18.7 Å². The van der Waals surface area contributed by atoms with Crippen LogP contribution in [0.1, 0.15) is 33.6 Å². The van der Waals surface area contributed by atoms with E-state index in [-0.39, 0.29) is 17.6 Å². The molecule has 0 saturated carbocycles. The van der Waals surface area contributed by atoms with Gasteiger partial charge < -0.3 is 4.90 Å². The summed E-state index contributed by atoms with van der Waals surface area (Å²) in [6.45, 7) is 0.955. The minimum Gasteiger partial charge on any atom is -0.308 e. The van der Waals surface area contributed by atoms with Gasteiger partial charge in [0.25, 0.3) is 21.9 Å². The summed E-state index contributed by atoms with van der Waals surface area (Å²) >= 11 is 1.60. The van der Waals surface area contributed by atoms with Gasteiger partial charge in [-0.15, -0.1) is 11.8 Å². The Bertz CT molecular complexity index is 1040. The van der Waals surface area contributed by atoms with Crippen LogP contribution in [0.15, 0.2) is 35.2 Å². The zero-order chi connectivity index (χ0) is 21.9. The minimum absolute atomic E-state index is 0.000317. The molecule has 0 spiro atoms. The molecule has 0 unspecified atom stereocenters. The highest BCUT2D eigenvalue weighted by Crippen LogP contribution is 2.36. The van der Waals surface area contributed by atoms with E-state index in [9.17, 15) is 18.0 Å². The molecule has 1 aliphatic heterocycles. The fourth-order valence-corrected chi connectivity index (χ4v) is 5.18. The average molecular weight is 451 g/mol. The van der Waals surface area contributed by atoms with Crippen molar-refractivity contribution in [2.45, 2.75) is 17.7 Å². The maximum Gasteiger partial charge on any atom is 0.267 e. The van der Waals surface area contributed by atoms with Crippen molar-refractivity contribution in [3.05, 3.63) is 41.5 Å². The second kappa shape index (κ2) is 9.47. The Hall–Kier alpha value is -1.94. The Morgan fingerprint density at radius 2 is 1.73 bits per heavy atom. The molecule has 9 heteroatoms. The largest absolute Gasteiger partial charge is 0.308 e. The molecule has 0 fully saturated rings. The lowest BCUT2D eigenvalue weighted by molar-refractivity contribution is 0.0601. The van der Waals surface area contributed by atoms with Gasteiger partial charge in [0.15, 0.2) is 0 Å². The Labute approximate surface area is 181 Å². The molecule has 0 atom stereocenters. The first-order valence-electron chi connectivity index (χ1n) is 9.73. The predicted octanol–water partition coefficient (Wildman–Crippen LogP) is 2.85. The molecule has 0 saturated heterocycles. The van der Waals surface area contributed by atoms with Crippen molar-refractivity contribution in [1.29, 1.82) is 0 Å². The van der Waals surface area contributed by atoms with Gasteiger partial charge in [0.2, 0.25) is 0 Å². The van der Waals surface area contributed by atoms with Crippen LogP contribution in [-0.2, 0) is 14.3 Å². The van der Waals surface area contributed by atoms with Gasteiger partial charge >= 0.3 is 0 Å².